The van der Waals surface area contributed by atoms with E-state index in [0.717, 1.165) is 11.3 Å². The van der Waals surface area contributed by atoms with Gasteiger partial charge in [-0.15, -0.1) is 0 Å². The van der Waals surface area contributed by atoms with Crippen molar-refractivity contribution < 1.29 is 28.2 Å². The molecular weight excluding hydrogens is 591 g/mol. The maximum Gasteiger partial charge on any atom is 0.410 e. The summed E-state index contributed by atoms with van der Waals surface area (Å²) < 4.78 is 27.5. The van der Waals surface area contributed by atoms with E-state index in [1.54, 1.807) is 35.6 Å². The molecule has 6 fully saturated rings. The Morgan fingerprint density at radius 2 is 1.41 bits per heavy atom. The third-order valence-electron chi connectivity index (χ3n) is 11.7. The summed E-state index contributed by atoms with van der Waals surface area (Å²) in [6, 6.07) is 2.68. The first-order valence-electron chi connectivity index (χ1n) is 16.4. The van der Waals surface area contributed by atoms with Crippen LogP contribution in [0.2, 0.25) is 0 Å². The number of aromatic nitrogens is 2. The average molecular weight is 635 g/mol. The van der Waals surface area contributed by atoms with E-state index in [0.29, 0.717) is 71.1 Å². The predicted octanol–water partition coefficient (Wildman–Crippen LogP) is 5.37. The van der Waals surface area contributed by atoms with Gasteiger partial charge in [0.15, 0.2) is 0 Å². The van der Waals surface area contributed by atoms with Crippen LogP contribution in [-0.4, -0.2) is 61.7 Å². The molecule has 0 radical (unpaired) electrons. The first-order valence-corrected chi connectivity index (χ1v) is 16.4. The van der Waals surface area contributed by atoms with E-state index in [9.17, 15) is 18.8 Å². The number of urea groups is 1. The van der Waals surface area contributed by atoms with Gasteiger partial charge < -0.3 is 25.0 Å². The molecule has 1 atom stereocenters. The normalized spacial score (nSPS) is 35.2. The van der Waals surface area contributed by atoms with Crippen LogP contribution in [0.5, 0.6) is 0 Å². The molecule has 1 aliphatic heterocycles. The zero-order valence-corrected chi connectivity index (χ0v) is 27.9. The number of nitrogens with one attached hydrogen (secondary N) is 3. The fraction of sp³-hybridized carbons (Fsp3) is 0.647. The lowest BCUT2D eigenvalue weighted by Crippen LogP contribution is -3.19. The Bertz CT molecular complexity index is 1660. The molecule has 12 heteroatoms. The van der Waals surface area contributed by atoms with Crippen LogP contribution in [0.1, 0.15) is 76.9 Å². The summed E-state index contributed by atoms with van der Waals surface area (Å²) in [5, 5.41) is 14.6. The van der Waals surface area contributed by atoms with Gasteiger partial charge in [0, 0.05) is 18.5 Å². The van der Waals surface area contributed by atoms with Gasteiger partial charge in [0.05, 0.1) is 28.5 Å². The number of ether oxygens (including phenoxy) is 2. The Balaban J connectivity index is 1.04. The topological polar surface area (TPSA) is 127 Å². The van der Waals surface area contributed by atoms with Gasteiger partial charge in [0.1, 0.15) is 22.8 Å². The summed E-state index contributed by atoms with van der Waals surface area (Å²) in [5.74, 6) is 2.39. The van der Waals surface area contributed by atoms with Crippen molar-refractivity contribution in [2.75, 3.05) is 11.9 Å². The molecule has 6 saturated carbocycles. The van der Waals surface area contributed by atoms with Gasteiger partial charge in [-0.25, -0.2) is 23.5 Å². The number of benzene rings is 1. The monoisotopic (exact) mass is 634 g/mol. The van der Waals surface area contributed by atoms with Gasteiger partial charge >= 0.3 is 18.2 Å². The lowest BCUT2D eigenvalue weighted by Gasteiger charge is -3.10. The molecule has 6 aliphatic carbocycles. The lowest BCUT2D eigenvalue weighted by atomic mass is 8.96. The molecule has 246 valence electrons. The van der Waals surface area contributed by atoms with Gasteiger partial charge in [-0.3, -0.25) is 5.32 Å². The number of fused-ring (bicyclic) bond motifs is 1. The number of hydrogen-bond donors (Lipinski definition) is 3. The van der Waals surface area contributed by atoms with Gasteiger partial charge in [0.25, 0.3) is 0 Å². The maximum absolute atomic E-state index is 14.6. The number of alkyl carbamates (subject to hydrolysis) is 1. The van der Waals surface area contributed by atoms with Crippen molar-refractivity contribution in [1.29, 1.82) is 0 Å². The standard InChI is InChI=1S/C34H43FN6O5/c1-14-12-17(13-15(2)26(14)35)41-27(19-16(3)40(11-10-18(19)39-41)30(44)46-32(7,8)9)36-28(42)37-33-20-23-21(33)25-22(33)24(20)34(23,25)38-29(43)45-31(4,5)6/h12-13,16,20-25H,10-11H2,1-9H3,(H,38,43)(H2,36,37,42)/t16-,20?,21?,22?,23?,24?,25?,33?,34?/m0/s1. The summed E-state index contributed by atoms with van der Waals surface area (Å²) in [6.45, 7) is 16.8. The molecule has 1 aromatic carbocycles. The number of rotatable bonds is 4. The number of nitrogens with zero attached hydrogens (tertiary/aromatic N) is 3. The highest BCUT2D eigenvalue weighted by atomic mass is 19.1. The van der Waals surface area contributed by atoms with E-state index in [2.05, 4.69) is 16.0 Å². The fourth-order valence-corrected chi connectivity index (χ4v) is 10.4. The van der Waals surface area contributed by atoms with E-state index < -0.39 is 23.3 Å². The molecule has 0 spiro atoms. The lowest BCUT2D eigenvalue weighted by molar-refractivity contribution is -0.589. The third-order valence-corrected chi connectivity index (χ3v) is 11.7. The molecule has 1 aromatic heterocycles. The van der Waals surface area contributed by atoms with Crippen molar-refractivity contribution in [3.63, 3.8) is 0 Å². The van der Waals surface area contributed by atoms with E-state index >= 15 is 0 Å². The van der Waals surface area contributed by atoms with Gasteiger partial charge in [-0.2, -0.15) is 5.10 Å². The Hall–Kier alpha value is -3.83. The van der Waals surface area contributed by atoms with E-state index in [-0.39, 0.29) is 29.0 Å². The van der Waals surface area contributed by atoms with Crippen molar-refractivity contribution >= 4 is 24.0 Å². The molecule has 11 nitrogen and oxygen atoms in total. The van der Waals surface area contributed by atoms with Crippen LogP contribution in [-0.2, 0) is 15.9 Å². The number of aryl methyl sites for hydroxylation is 2. The minimum atomic E-state index is -0.656. The van der Waals surface area contributed by atoms with Crippen molar-refractivity contribution in [1.82, 2.24) is 25.3 Å². The first-order chi connectivity index (χ1) is 21.4. The second kappa shape index (κ2) is 8.74. The van der Waals surface area contributed by atoms with Crippen molar-refractivity contribution in [2.24, 2.45) is 35.5 Å². The van der Waals surface area contributed by atoms with Crippen LogP contribution >= 0.6 is 0 Å². The molecule has 3 N–H and O–H groups in total. The van der Waals surface area contributed by atoms with E-state index in [1.807, 2.05) is 48.5 Å². The van der Waals surface area contributed by atoms with E-state index in [1.165, 1.54) is 0 Å². The van der Waals surface area contributed by atoms with Crippen LogP contribution in [0, 0.1) is 55.2 Å². The predicted molar refractivity (Wildman–Crippen MR) is 166 cm³/mol. The van der Waals surface area contributed by atoms with Crippen LogP contribution in [0.3, 0.4) is 0 Å². The Morgan fingerprint density at radius 1 is 0.891 bits per heavy atom. The second-order valence-electron chi connectivity index (χ2n) is 16.3. The molecule has 7 aliphatic rings. The largest absolute Gasteiger partial charge is 0.444 e. The number of amides is 4. The van der Waals surface area contributed by atoms with Gasteiger partial charge in [0.2, 0.25) is 0 Å². The third kappa shape index (κ3) is 3.48. The van der Waals surface area contributed by atoms with Crippen LogP contribution in [0.15, 0.2) is 12.1 Å². The van der Waals surface area contributed by atoms with Crippen molar-refractivity contribution in [3.05, 3.63) is 40.3 Å². The molecule has 9 rings (SSSR count). The second-order valence-corrected chi connectivity index (χ2v) is 16.3. The minimum Gasteiger partial charge on any atom is -0.444 e. The number of carbonyl (C=O) groups is 3. The van der Waals surface area contributed by atoms with Crippen LogP contribution < -0.4 is 16.0 Å². The maximum atomic E-state index is 14.6. The summed E-state index contributed by atoms with van der Waals surface area (Å²) in [4.78, 5) is 41.3. The average Bonchev–Trinajstić information content (AvgIpc) is 3.29. The quantitative estimate of drug-likeness (QED) is 0.415. The molecule has 0 bridgehead atoms. The van der Waals surface area contributed by atoms with Crippen LogP contribution in [0.25, 0.3) is 5.69 Å². The highest BCUT2D eigenvalue weighted by Gasteiger charge is 3.11. The van der Waals surface area contributed by atoms with Crippen LogP contribution in [0.4, 0.5) is 24.6 Å². The minimum absolute atomic E-state index is 0.154. The first kappa shape index (κ1) is 29.6. The number of carbonyl (C=O) groups excluding carboxylic acids is 3. The zero-order valence-electron chi connectivity index (χ0n) is 27.9. The molecule has 0 unspecified atom stereocenters. The zero-order chi connectivity index (χ0) is 33.0. The number of anilines is 1. The van der Waals surface area contributed by atoms with Gasteiger partial charge in [-0.05, 0) is 121 Å². The SMILES string of the molecule is Cc1cc(-n2nc3c(c2NC(=O)NC24C5C6C2C2C4C5C62NC(=O)OC(C)(C)C)[C@H](C)N(C(=O)OC(C)(C)C)CC3)cc(C)c1F. The summed E-state index contributed by atoms with van der Waals surface area (Å²) >= 11 is 0. The molecule has 0 saturated heterocycles. The Kier molecular flexibility index (Phi) is 5.62. The molecule has 4 amide bonds. The fourth-order valence-electron chi connectivity index (χ4n) is 10.4. The Labute approximate surface area is 267 Å². The molecule has 2 heterocycles. The highest BCUT2D eigenvalue weighted by Crippen LogP contribution is 3.03. The van der Waals surface area contributed by atoms with Crippen molar-refractivity contribution in [3.8, 4) is 5.69 Å². The highest BCUT2D eigenvalue weighted by molar-refractivity contribution is 5.92. The Morgan fingerprint density at radius 3 is 1.93 bits per heavy atom. The summed E-state index contributed by atoms with van der Waals surface area (Å²) in [6.07, 6.45) is -0.305. The molecule has 46 heavy (non-hydrogen) atoms. The van der Waals surface area contributed by atoms with E-state index in [4.69, 9.17) is 14.6 Å². The molecular formula is C34H43FN6O5. The number of hydrogen-bond acceptors (Lipinski definition) is 6. The van der Waals surface area contributed by atoms with Gasteiger partial charge in [-0.1, -0.05) is 0 Å². The number of halogens is 1. The smallest absolute Gasteiger partial charge is 0.410 e. The van der Waals surface area contributed by atoms with Crippen molar-refractivity contribution in [2.45, 2.75) is 97.1 Å². The summed E-state index contributed by atoms with van der Waals surface area (Å²) in [5.41, 5.74) is 1.49. The molecule has 2 aromatic rings. The summed E-state index contributed by atoms with van der Waals surface area (Å²) in [7, 11) is 0.